The highest BCUT2D eigenvalue weighted by Crippen LogP contribution is 2.21. The molecule has 0 heterocycles. The van der Waals surface area contributed by atoms with Crippen molar-refractivity contribution in [3.63, 3.8) is 0 Å². The highest BCUT2D eigenvalue weighted by atomic mass is 79.9. The van der Waals surface area contributed by atoms with E-state index in [2.05, 4.69) is 21.2 Å². The van der Waals surface area contributed by atoms with E-state index in [1.54, 1.807) is 0 Å². The maximum Gasteiger partial charge on any atom is 0.239 e. The normalized spacial score (nSPS) is 12.5. The van der Waals surface area contributed by atoms with Gasteiger partial charge in [0.1, 0.15) is 6.04 Å². The van der Waals surface area contributed by atoms with Crippen molar-refractivity contribution < 1.29 is 4.79 Å². The van der Waals surface area contributed by atoms with Crippen LogP contribution in [0.4, 0.5) is 0 Å². The lowest BCUT2D eigenvalue weighted by Gasteiger charge is -2.15. The number of hydrogen-bond donors (Lipinski definition) is 2. The lowest BCUT2D eigenvalue weighted by Crippen LogP contribution is -2.33. The number of carbonyl (C=O) groups is 1. The SMILES string of the molecule is CCNC(C(N)=O)c1ccc(Br)c(C)c1. The number of benzene rings is 1. The molecule has 1 unspecified atom stereocenters. The van der Waals surface area contributed by atoms with E-state index in [0.717, 1.165) is 15.6 Å². The molecule has 0 aliphatic rings. The molecule has 3 nitrogen and oxygen atoms in total. The van der Waals surface area contributed by atoms with Crippen LogP contribution in [0.5, 0.6) is 0 Å². The smallest absolute Gasteiger partial charge is 0.239 e. The summed E-state index contributed by atoms with van der Waals surface area (Å²) in [7, 11) is 0. The van der Waals surface area contributed by atoms with E-state index in [9.17, 15) is 4.79 Å². The van der Waals surface area contributed by atoms with E-state index < -0.39 is 6.04 Å². The van der Waals surface area contributed by atoms with Crippen LogP contribution in [-0.4, -0.2) is 12.5 Å². The monoisotopic (exact) mass is 270 g/mol. The van der Waals surface area contributed by atoms with Crippen LogP contribution in [-0.2, 0) is 4.79 Å². The third kappa shape index (κ3) is 3.04. The summed E-state index contributed by atoms with van der Waals surface area (Å²) in [5.74, 6) is -0.349. The summed E-state index contributed by atoms with van der Waals surface area (Å²) in [4.78, 5) is 11.2. The van der Waals surface area contributed by atoms with Gasteiger partial charge in [0.25, 0.3) is 0 Å². The Morgan fingerprint density at radius 2 is 2.27 bits per heavy atom. The van der Waals surface area contributed by atoms with Crippen molar-refractivity contribution in [3.05, 3.63) is 33.8 Å². The molecule has 1 atom stereocenters. The molecule has 4 heteroatoms. The minimum absolute atomic E-state index is 0.349. The molecule has 15 heavy (non-hydrogen) atoms. The average molecular weight is 271 g/mol. The molecule has 82 valence electrons. The van der Waals surface area contributed by atoms with Crippen LogP contribution in [0.1, 0.15) is 24.1 Å². The number of halogens is 1. The highest BCUT2D eigenvalue weighted by molar-refractivity contribution is 9.10. The van der Waals surface area contributed by atoms with Gasteiger partial charge in [-0.1, -0.05) is 35.0 Å². The Bertz CT molecular complexity index is 366. The second kappa shape index (κ2) is 5.28. The Morgan fingerprint density at radius 3 is 2.73 bits per heavy atom. The zero-order chi connectivity index (χ0) is 11.4. The molecule has 0 aromatic heterocycles. The number of rotatable bonds is 4. The summed E-state index contributed by atoms with van der Waals surface area (Å²) in [6.45, 7) is 4.64. The zero-order valence-electron chi connectivity index (χ0n) is 8.88. The maximum atomic E-state index is 11.2. The molecule has 0 aliphatic heterocycles. The van der Waals surface area contributed by atoms with Gasteiger partial charge in [0.2, 0.25) is 5.91 Å². The quantitative estimate of drug-likeness (QED) is 0.878. The lowest BCUT2D eigenvalue weighted by atomic mass is 10.0. The third-order valence-electron chi connectivity index (χ3n) is 2.21. The Kier molecular flexibility index (Phi) is 4.29. The molecule has 1 aromatic rings. The van der Waals surface area contributed by atoms with Crippen molar-refractivity contribution in [1.29, 1.82) is 0 Å². The minimum Gasteiger partial charge on any atom is -0.368 e. The molecule has 0 spiro atoms. The van der Waals surface area contributed by atoms with Gasteiger partial charge in [0.05, 0.1) is 0 Å². The van der Waals surface area contributed by atoms with Gasteiger partial charge in [0, 0.05) is 4.47 Å². The first-order valence-electron chi connectivity index (χ1n) is 4.85. The van der Waals surface area contributed by atoms with Crippen LogP contribution in [0, 0.1) is 6.92 Å². The molecule has 0 bridgehead atoms. The number of hydrogen-bond acceptors (Lipinski definition) is 2. The average Bonchev–Trinajstić information content (AvgIpc) is 2.18. The van der Waals surface area contributed by atoms with Crippen molar-refractivity contribution in [2.75, 3.05) is 6.54 Å². The molecule has 1 amide bonds. The van der Waals surface area contributed by atoms with Gasteiger partial charge in [-0.3, -0.25) is 4.79 Å². The summed E-state index contributed by atoms with van der Waals surface area (Å²) < 4.78 is 1.03. The number of aryl methyl sites for hydroxylation is 1. The van der Waals surface area contributed by atoms with E-state index in [4.69, 9.17) is 5.73 Å². The number of likely N-dealkylation sites (N-methyl/N-ethyl adjacent to an activating group) is 1. The van der Waals surface area contributed by atoms with Crippen LogP contribution >= 0.6 is 15.9 Å². The molecule has 1 rings (SSSR count). The van der Waals surface area contributed by atoms with E-state index in [-0.39, 0.29) is 5.91 Å². The molecular weight excluding hydrogens is 256 g/mol. The zero-order valence-corrected chi connectivity index (χ0v) is 10.5. The van der Waals surface area contributed by atoms with Crippen LogP contribution in [0.15, 0.2) is 22.7 Å². The Morgan fingerprint density at radius 1 is 1.60 bits per heavy atom. The lowest BCUT2D eigenvalue weighted by molar-refractivity contribution is -0.120. The highest BCUT2D eigenvalue weighted by Gasteiger charge is 2.16. The topological polar surface area (TPSA) is 55.1 Å². The largest absolute Gasteiger partial charge is 0.368 e. The Hall–Kier alpha value is -0.870. The van der Waals surface area contributed by atoms with Crippen LogP contribution < -0.4 is 11.1 Å². The molecule has 0 saturated heterocycles. The fourth-order valence-corrected chi connectivity index (χ4v) is 1.68. The van der Waals surface area contributed by atoms with Gasteiger partial charge < -0.3 is 11.1 Å². The summed E-state index contributed by atoms with van der Waals surface area (Å²) in [5.41, 5.74) is 7.33. The minimum atomic E-state index is -0.401. The molecule has 0 aliphatic carbocycles. The van der Waals surface area contributed by atoms with E-state index >= 15 is 0 Å². The number of amides is 1. The molecule has 0 fully saturated rings. The van der Waals surface area contributed by atoms with Crippen LogP contribution in [0.25, 0.3) is 0 Å². The Balaban J connectivity index is 3.01. The fourth-order valence-electron chi connectivity index (χ4n) is 1.43. The standard InChI is InChI=1S/C11H15BrN2O/c1-3-14-10(11(13)15)8-4-5-9(12)7(2)6-8/h4-6,10,14H,3H2,1-2H3,(H2,13,15). The van der Waals surface area contributed by atoms with Gasteiger partial charge in [-0.05, 0) is 30.7 Å². The third-order valence-corrected chi connectivity index (χ3v) is 3.10. The number of nitrogens with one attached hydrogen (secondary N) is 1. The van der Waals surface area contributed by atoms with E-state index in [1.165, 1.54) is 0 Å². The predicted octanol–water partition coefficient (Wildman–Crippen LogP) is 1.89. The van der Waals surface area contributed by atoms with Crippen molar-refractivity contribution in [3.8, 4) is 0 Å². The van der Waals surface area contributed by atoms with Gasteiger partial charge in [0.15, 0.2) is 0 Å². The molecule has 1 aromatic carbocycles. The summed E-state index contributed by atoms with van der Waals surface area (Å²) in [6.07, 6.45) is 0. The molecule has 0 saturated carbocycles. The summed E-state index contributed by atoms with van der Waals surface area (Å²) in [6, 6.07) is 5.39. The molecular formula is C11H15BrN2O. The number of nitrogens with two attached hydrogens (primary N) is 1. The second-order valence-corrected chi connectivity index (χ2v) is 4.26. The fraction of sp³-hybridized carbons (Fsp3) is 0.364. The van der Waals surface area contributed by atoms with E-state index in [0.29, 0.717) is 6.54 Å². The molecule has 3 N–H and O–H groups in total. The number of carbonyl (C=O) groups excluding carboxylic acids is 1. The van der Waals surface area contributed by atoms with Gasteiger partial charge in [-0.2, -0.15) is 0 Å². The first-order valence-corrected chi connectivity index (χ1v) is 5.64. The van der Waals surface area contributed by atoms with Crippen LogP contribution in [0.2, 0.25) is 0 Å². The van der Waals surface area contributed by atoms with Gasteiger partial charge in [-0.15, -0.1) is 0 Å². The molecule has 0 radical (unpaired) electrons. The van der Waals surface area contributed by atoms with Gasteiger partial charge >= 0.3 is 0 Å². The van der Waals surface area contributed by atoms with Crippen molar-refractivity contribution in [2.24, 2.45) is 5.73 Å². The number of primary amides is 1. The first-order chi connectivity index (χ1) is 7.06. The second-order valence-electron chi connectivity index (χ2n) is 3.40. The van der Waals surface area contributed by atoms with Crippen LogP contribution in [0.3, 0.4) is 0 Å². The summed E-state index contributed by atoms with van der Waals surface area (Å²) in [5, 5.41) is 3.06. The van der Waals surface area contributed by atoms with Gasteiger partial charge in [-0.25, -0.2) is 0 Å². The predicted molar refractivity (Wildman–Crippen MR) is 64.5 cm³/mol. The first kappa shape index (κ1) is 12.2. The Labute approximate surface area is 98.2 Å². The van der Waals surface area contributed by atoms with E-state index in [1.807, 2.05) is 32.0 Å². The van der Waals surface area contributed by atoms with Crippen molar-refractivity contribution in [2.45, 2.75) is 19.9 Å². The summed E-state index contributed by atoms with van der Waals surface area (Å²) >= 11 is 3.42. The maximum absolute atomic E-state index is 11.2. The van der Waals surface area contributed by atoms with Crippen molar-refractivity contribution in [1.82, 2.24) is 5.32 Å². The van der Waals surface area contributed by atoms with Crippen molar-refractivity contribution >= 4 is 21.8 Å².